The fraction of sp³-hybridized carbons (Fsp3) is 0.417. The third kappa shape index (κ3) is 3.51. The van der Waals surface area contributed by atoms with Gasteiger partial charge in [0.05, 0.1) is 12.7 Å². The maximum absolute atomic E-state index is 11.8. The molecule has 0 spiro atoms. The molecule has 1 aromatic carbocycles. The minimum atomic E-state index is -0.0954. The van der Waals surface area contributed by atoms with Crippen molar-refractivity contribution in [3.8, 4) is 5.75 Å². The van der Waals surface area contributed by atoms with Crippen molar-refractivity contribution in [2.24, 2.45) is 0 Å². The number of carbonyl (C=O) groups is 1. The van der Waals surface area contributed by atoms with Crippen molar-refractivity contribution in [3.05, 3.63) is 28.8 Å². The Morgan fingerprint density at radius 1 is 1.44 bits per heavy atom. The van der Waals surface area contributed by atoms with E-state index in [4.69, 9.17) is 21.1 Å². The number of ether oxygens (including phenoxy) is 2. The zero-order valence-corrected chi connectivity index (χ0v) is 10.2. The Kier molecular flexibility index (Phi) is 5.29. The van der Waals surface area contributed by atoms with E-state index in [1.807, 2.05) is 6.92 Å². The molecule has 4 heteroatoms. The van der Waals surface area contributed by atoms with Gasteiger partial charge in [0.25, 0.3) is 0 Å². The smallest absolute Gasteiger partial charge is 0.192 e. The Morgan fingerprint density at radius 2 is 2.19 bits per heavy atom. The summed E-state index contributed by atoms with van der Waals surface area (Å²) in [6.07, 6.45) is 0.894. The third-order valence-corrected chi connectivity index (χ3v) is 2.28. The van der Waals surface area contributed by atoms with E-state index in [2.05, 4.69) is 0 Å². The molecule has 0 bridgehead atoms. The van der Waals surface area contributed by atoms with Crippen LogP contribution in [-0.2, 0) is 4.74 Å². The van der Waals surface area contributed by atoms with Gasteiger partial charge in [0.15, 0.2) is 5.78 Å². The van der Waals surface area contributed by atoms with E-state index in [1.165, 1.54) is 7.11 Å². The minimum absolute atomic E-state index is 0.0752. The first-order valence-corrected chi connectivity index (χ1v) is 5.51. The van der Waals surface area contributed by atoms with Gasteiger partial charge in [-0.2, -0.15) is 0 Å². The highest BCUT2D eigenvalue weighted by molar-refractivity contribution is 6.30. The molecule has 0 fully saturated rings. The molecule has 0 aromatic heterocycles. The molecule has 0 radical (unpaired) electrons. The Morgan fingerprint density at radius 3 is 2.81 bits per heavy atom. The van der Waals surface area contributed by atoms with Crippen LogP contribution in [0, 0.1) is 0 Å². The predicted molar refractivity (Wildman–Crippen MR) is 63.4 cm³/mol. The number of carbonyl (C=O) groups excluding carboxylic acids is 1. The van der Waals surface area contributed by atoms with Crippen molar-refractivity contribution >= 4 is 17.4 Å². The van der Waals surface area contributed by atoms with Crippen LogP contribution >= 0.6 is 11.6 Å². The maximum atomic E-state index is 11.8. The molecule has 0 N–H and O–H groups in total. The van der Waals surface area contributed by atoms with E-state index < -0.39 is 0 Å². The Balaban J connectivity index is 2.74. The molecule has 0 atom stereocenters. The van der Waals surface area contributed by atoms with Crippen LogP contribution in [0.25, 0.3) is 0 Å². The summed E-state index contributed by atoms with van der Waals surface area (Å²) in [4.78, 5) is 11.8. The summed E-state index contributed by atoms with van der Waals surface area (Å²) in [6.45, 7) is 2.65. The van der Waals surface area contributed by atoms with Gasteiger partial charge in [0.2, 0.25) is 0 Å². The van der Waals surface area contributed by atoms with Gasteiger partial charge in [0.1, 0.15) is 12.4 Å². The molecule has 88 valence electrons. The monoisotopic (exact) mass is 242 g/mol. The molecular formula is C12H15ClO3. The first-order chi connectivity index (χ1) is 7.69. The lowest BCUT2D eigenvalue weighted by atomic mass is 10.1. The van der Waals surface area contributed by atoms with Gasteiger partial charge < -0.3 is 9.47 Å². The lowest BCUT2D eigenvalue weighted by Gasteiger charge is -2.08. The number of ketones is 1. The molecule has 0 aliphatic heterocycles. The Labute approximate surface area is 100 Å². The van der Waals surface area contributed by atoms with Crippen molar-refractivity contribution in [2.75, 3.05) is 20.3 Å². The van der Waals surface area contributed by atoms with Crippen molar-refractivity contribution in [1.82, 2.24) is 0 Å². The third-order valence-electron chi connectivity index (χ3n) is 2.05. The van der Waals surface area contributed by atoms with E-state index in [-0.39, 0.29) is 12.4 Å². The van der Waals surface area contributed by atoms with Crippen LogP contribution in [0.1, 0.15) is 23.7 Å². The molecule has 0 saturated carbocycles. The normalized spacial score (nSPS) is 10.2. The zero-order chi connectivity index (χ0) is 12.0. The predicted octanol–water partition coefficient (Wildman–Crippen LogP) is 2.96. The standard InChI is InChI=1S/C12H15ClO3/c1-3-6-16-8-11(14)10-5-4-9(13)7-12(10)15-2/h4-5,7H,3,6,8H2,1-2H3. The summed E-state index contributed by atoms with van der Waals surface area (Å²) in [5.41, 5.74) is 0.503. The number of halogens is 1. The lowest BCUT2D eigenvalue weighted by Crippen LogP contribution is -2.10. The van der Waals surface area contributed by atoms with Gasteiger partial charge in [-0.1, -0.05) is 18.5 Å². The fourth-order valence-electron chi connectivity index (χ4n) is 1.28. The topological polar surface area (TPSA) is 35.5 Å². The molecule has 0 saturated heterocycles. The van der Waals surface area contributed by atoms with Crippen molar-refractivity contribution in [1.29, 1.82) is 0 Å². The van der Waals surface area contributed by atoms with E-state index in [0.29, 0.717) is 22.9 Å². The highest BCUT2D eigenvalue weighted by Gasteiger charge is 2.12. The average Bonchev–Trinajstić information content (AvgIpc) is 2.29. The molecular weight excluding hydrogens is 228 g/mol. The van der Waals surface area contributed by atoms with Crippen molar-refractivity contribution in [3.63, 3.8) is 0 Å². The van der Waals surface area contributed by atoms with Crippen LogP contribution < -0.4 is 4.74 Å². The SMILES string of the molecule is CCCOCC(=O)c1ccc(Cl)cc1OC. The van der Waals surface area contributed by atoms with Crippen molar-refractivity contribution in [2.45, 2.75) is 13.3 Å². The number of Topliss-reactive ketones (excluding diaryl/α,β-unsaturated/α-hetero) is 1. The summed E-state index contributed by atoms with van der Waals surface area (Å²) in [5, 5.41) is 0.544. The molecule has 0 heterocycles. The van der Waals surface area contributed by atoms with Crippen LogP contribution in [0.15, 0.2) is 18.2 Å². The quantitative estimate of drug-likeness (QED) is 0.568. The largest absolute Gasteiger partial charge is 0.496 e. The highest BCUT2D eigenvalue weighted by Crippen LogP contribution is 2.23. The summed E-state index contributed by atoms with van der Waals surface area (Å²) < 4.78 is 10.3. The number of hydrogen-bond acceptors (Lipinski definition) is 3. The van der Waals surface area contributed by atoms with Gasteiger partial charge in [-0.3, -0.25) is 4.79 Å². The second kappa shape index (κ2) is 6.51. The van der Waals surface area contributed by atoms with Crippen molar-refractivity contribution < 1.29 is 14.3 Å². The summed E-state index contributed by atoms with van der Waals surface area (Å²) >= 11 is 5.80. The summed E-state index contributed by atoms with van der Waals surface area (Å²) in [7, 11) is 1.51. The highest BCUT2D eigenvalue weighted by atomic mass is 35.5. The number of methoxy groups -OCH3 is 1. The van der Waals surface area contributed by atoms with Crippen LogP contribution in [-0.4, -0.2) is 26.1 Å². The summed E-state index contributed by atoms with van der Waals surface area (Å²) in [5.74, 6) is 0.388. The van der Waals surface area contributed by atoms with Crippen LogP contribution in [0.2, 0.25) is 5.02 Å². The number of benzene rings is 1. The van der Waals surface area contributed by atoms with Crippen LogP contribution in [0.3, 0.4) is 0 Å². The second-order valence-corrected chi connectivity index (χ2v) is 3.76. The summed E-state index contributed by atoms with van der Waals surface area (Å²) in [6, 6.07) is 4.94. The molecule has 3 nitrogen and oxygen atoms in total. The fourth-order valence-corrected chi connectivity index (χ4v) is 1.44. The number of rotatable bonds is 6. The first kappa shape index (κ1) is 13.0. The average molecular weight is 243 g/mol. The van der Waals surface area contributed by atoms with E-state index >= 15 is 0 Å². The van der Waals surface area contributed by atoms with Gasteiger partial charge in [-0.25, -0.2) is 0 Å². The van der Waals surface area contributed by atoms with E-state index in [0.717, 1.165) is 6.42 Å². The molecule has 1 aromatic rings. The Bertz CT molecular complexity index is 363. The first-order valence-electron chi connectivity index (χ1n) is 5.13. The Hall–Kier alpha value is -1.06. The molecule has 1 rings (SSSR count). The molecule has 0 aliphatic rings. The molecule has 16 heavy (non-hydrogen) atoms. The molecule has 0 unspecified atom stereocenters. The van der Waals surface area contributed by atoms with E-state index in [1.54, 1.807) is 18.2 Å². The maximum Gasteiger partial charge on any atom is 0.192 e. The number of hydrogen-bond donors (Lipinski definition) is 0. The van der Waals surface area contributed by atoms with Gasteiger partial charge in [-0.05, 0) is 24.6 Å². The van der Waals surface area contributed by atoms with Crippen LogP contribution in [0.4, 0.5) is 0 Å². The zero-order valence-electron chi connectivity index (χ0n) is 9.46. The van der Waals surface area contributed by atoms with Gasteiger partial charge >= 0.3 is 0 Å². The molecule has 0 amide bonds. The van der Waals surface area contributed by atoms with Crippen LogP contribution in [0.5, 0.6) is 5.75 Å². The van der Waals surface area contributed by atoms with Gasteiger partial charge in [-0.15, -0.1) is 0 Å². The van der Waals surface area contributed by atoms with Gasteiger partial charge in [0, 0.05) is 11.6 Å². The lowest BCUT2D eigenvalue weighted by molar-refractivity contribution is 0.0758. The minimum Gasteiger partial charge on any atom is -0.496 e. The second-order valence-electron chi connectivity index (χ2n) is 3.32. The molecule has 0 aliphatic carbocycles. The van der Waals surface area contributed by atoms with E-state index in [9.17, 15) is 4.79 Å².